The zero-order valence-electron chi connectivity index (χ0n) is 15.9. The number of hydrogen-bond donors (Lipinski definition) is 2. The molecule has 0 bridgehead atoms. The van der Waals surface area contributed by atoms with Crippen molar-refractivity contribution in [2.75, 3.05) is 17.2 Å². The lowest BCUT2D eigenvalue weighted by atomic mass is 10.2. The van der Waals surface area contributed by atoms with Crippen LogP contribution in [-0.2, 0) is 0 Å². The van der Waals surface area contributed by atoms with E-state index in [9.17, 15) is 4.79 Å². The Morgan fingerprint density at radius 3 is 2.66 bits per heavy atom. The van der Waals surface area contributed by atoms with E-state index in [0.717, 1.165) is 28.0 Å². The van der Waals surface area contributed by atoms with Gasteiger partial charge in [0.15, 0.2) is 0 Å². The normalized spacial score (nSPS) is 10.5. The Kier molecular flexibility index (Phi) is 5.33. The molecule has 0 fully saturated rings. The number of nitrogens with one attached hydrogen (secondary N) is 2. The lowest BCUT2D eigenvalue weighted by Crippen LogP contribution is -2.14. The van der Waals surface area contributed by atoms with Crippen molar-refractivity contribution in [3.05, 3.63) is 84.8 Å². The molecule has 0 aliphatic heterocycles. The van der Waals surface area contributed by atoms with E-state index in [2.05, 4.69) is 20.6 Å². The van der Waals surface area contributed by atoms with Crippen molar-refractivity contribution in [1.29, 1.82) is 0 Å². The van der Waals surface area contributed by atoms with Crippen molar-refractivity contribution in [3.8, 4) is 5.75 Å². The third-order valence-corrected chi connectivity index (χ3v) is 4.34. The fourth-order valence-electron chi connectivity index (χ4n) is 3.03. The van der Waals surface area contributed by atoms with Gasteiger partial charge in [-0.25, -0.2) is 0 Å². The molecule has 0 saturated heterocycles. The summed E-state index contributed by atoms with van der Waals surface area (Å²) in [7, 11) is 0. The molecule has 4 rings (SSSR count). The summed E-state index contributed by atoms with van der Waals surface area (Å²) in [4.78, 5) is 21.4. The van der Waals surface area contributed by atoms with Gasteiger partial charge in [-0.2, -0.15) is 0 Å². The quantitative estimate of drug-likeness (QED) is 0.488. The number of benzene rings is 2. The van der Waals surface area contributed by atoms with E-state index in [0.29, 0.717) is 18.0 Å². The molecule has 29 heavy (non-hydrogen) atoms. The van der Waals surface area contributed by atoms with Crippen LogP contribution in [0.3, 0.4) is 0 Å². The minimum absolute atomic E-state index is 0.301. The zero-order chi connectivity index (χ0) is 20.1. The Morgan fingerprint density at radius 2 is 1.76 bits per heavy atom. The summed E-state index contributed by atoms with van der Waals surface area (Å²) in [6.45, 7) is 2.51. The molecule has 6 heteroatoms. The van der Waals surface area contributed by atoms with Gasteiger partial charge in [-0.05, 0) is 43.3 Å². The van der Waals surface area contributed by atoms with Crippen LogP contribution in [0.25, 0.3) is 10.9 Å². The van der Waals surface area contributed by atoms with E-state index in [-0.39, 0.29) is 5.91 Å². The molecule has 6 nitrogen and oxygen atoms in total. The SMILES string of the molecule is CCOc1ccccc1Nc1ccnc(C(=O)Nc2cccc3cccnc23)c1. The molecule has 2 N–H and O–H groups in total. The molecule has 144 valence electrons. The second-order valence-electron chi connectivity index (χ2n) is 6.32. The Morgan fingerprint density at radius 1 is 0.931 bits per heavy atom. The summed E-state index contributed by atoms with van der Waals surface area (Å²) in [5, 5.41) is 7.16. The number of nitrogens with zero attached hydrogens (tertiary/aromatic N) is 2. The number of hydrogen-bond acceptors (Lipinski definition) is 5. The Labute approximate surface area is 168 Å². The minimum atomic E-state index is -0.301. The predicted octanol–water partition coefficient (Wildman–Crippen LogP) is 5.02. The number of para-hydroxylation sites is 3. The molecule has 1 amide bonds. The van der Waals surface area contributed by atoms with Crippen LogP contribution in [-0.4, -0.2) is 22.5 Å². The monoisotopic (exact) mass is 384 g/mol. The maximum Gasteiger partial charge on any atom is 0.274 e. The summed E-state index contributed by atoms with van der Waals surface area (Å²) in [6.07, 6.45) is 3.30. The van der Waals surface area contributed by atoms with Gasteiger partial charge < -0.3 is 15.4 Å². The Hall–Kier alpha value is -3.93. The third kappa shape index (κ3) is 4.16. The molecule has 0 spiro atoms. The first kappa shape index (κ1) is 18.4. The van der Waals surface area contributed by atoms with E-state index in [1.807, 2.05) is 61.5 Å². The van der Waals surface area contributed by atoms with Crippen molar-refractivity contribution in [1.82, 2.24) is 9.97 Å². The van der Waals surface area contributed by atoms with Crippen LogP contribution < -0.4 is 15.4 Å². The van der Waals surface area contributed by atoms with E-state index in [1.165, 1.54) is 0 Å². The van der Waals surface area contributed by atoms with Gasteiger partial charge in [0.25, 0.3) is 5.91 Å². The minimum Gasteiger partial charge on any atom is -0.492 e. The van der Waals surface area contributed by atoms with Gasteiger partial charge in [0, 0.05) is 23.5 Å². The smallest absolute Gasteiger partial charge is 0.274 e. The summed E-state index contributed by atoms with van der Waals surface area (Å²) >= 11 is 0. The second-order valence-corrected chi connectivity index (χ2v) is 6.32. The van der Waals surface area contributed by atoms with Crippen molar-refractivity contribution < 1.29 is 9.53 Å². The molecule has 2 aromatic carbocycles. The molecule has 0 atom stereocenters. The average molecular weight is 384 g/mol. The molecular weight excluding hydrogens is 364 g/mol. The lowest BCUT2D eigenvalue weighted by Gasteiger charge is -2.13. The van der Waals surface area contributed by atoms with Crippen molar-refractivity contribution >= 4 is 33.9 Å². The molecule has 0 aliphatic rings. The van der Waals surface area contributed by atoms with Crippen LogP contribution in [0, 0.1) is 0 Å². The molecule has 0 unspecified atom stereocenters. The summed E-state index contributed by atoms with van der Waals surface area (Å²) in [5.74, 6) is 0.449. The van der Waals surface area contributed by atoms with E-state index < -0.39 is 0 Å². The number of pyridine rings is 2. The van der Waals surface area contributed by atoms with E-state index in [4.69, 9.17) is 4.74 Å². The maximum absolute atomic E-state index is 12.8. The largest absolute Gasteiger partial charge is 0.492 e. The first-order valence-electron chi connectivity index (χ1n) is 9.34. The molecule has 0 aliphatic carbocycles. The number of carbonyl (C=O) groups excluding carboxylic acids is 1. The number of amides is 1. The standard InChI is InChI=1S/C23H20N4O2/c1-2-29-21-11-4-3-9-18(21)26-17-12-14-24-20(15-17)23(28)27-19-10-5-7-16-8-6-13-25-22(16)19/h3-15H,2H2,1H3,(H,24,26)(H,27,28). The van der Waals surface area contributed by atoms with Crippen molar-refractivity contribution in [2.24, 2.45) is 0 Å². The van der Waals surface area contributed by atoms with Crippen LogP contribution in [0.4, 0.5) is 17.1 Å². The number of rotatable bonds is 6. The predicted molar refractivity (Wildman–Crippen MR) is 115 cm³/mol. The fraction of sp³-hybridized carbons (Fsp3) is 0.0870. The summed E-state index contributed by atoms with van der Waals surface area (Å²) in [6, 6.07) is 20.7. The number of fused-ring (bicyclic) bond motifs is 1. The highest BCUT2D eigenvalue weighted by Crippen LogP contribution is 2.27. The molecule has 2 heterocycles. The highest BCUT2D eigenvalue weighted by molar-refractivity contribution is 6.07. The van der Waals surface area contributed by atoms with Crippen LogP contribution >= 0.6 is 0 Å². The molecule has 2 aromatic heterocycles. The summed E-state index contributed by atoms with van der Waals surface area (Å²) in [5.41, 5.74) is 3.26. The average Bonchev–Trinajstić information content (AvgIpc) is 2.76. The lowest BCUT2D eigenvalue weighted by molar-refractivity contribution is 0.102. The van der Waals surface area contributed by atoms with Crippen LogP contribution in [0.5, 0.6) is 5.75 Å². The van der Waals surface area contributed by atoms with Gasteiger partial charge >= 0.3 is 0 Å². The number of anilines is 3. The first-order valence-corrected chi connectivity index (χ1v) is 9.34. The summed E-state index contributed by atoms with van der Waals surface area (Å²) < 4.78 is 5.64. The number of aromatic nitrogens is 2. The highest BCUT2D eigenvalue weighted by atomic mass is 16.5. The fourth-order valence-corrected chi connectivity index (χ4v) is 3.03. The number of carbonyl (C=O) groups is 1. The van der Waals surface area contributed by atoms with Crippen LogP contribution in [0.15, 0.2) is 79.1 Å². The topological polar surface area (TPSA) is 76.1 Å². The van der Waals surface area contributed by atoms with Gasteiger partial charge in [-0.15, -0.1) is 0 Å². The Bertz CT molecular complexity index is 1150. The number of ether oxygens (including phenoxy) is 1. The van der Waals surface area contributed by atoms with E-state index in [1.54, 1.807) is 24.5 Å². The van der Waals surface area contributed by atoms with Crippen LogP contribution in [0.2, 0.25) is 0 Å². The maximum atomic E-state index is 12.8. The zero-order valence-corrected chi connectivity index (χ0v) is 15.9. The van der Waals surface area contributed by atoms with Gasteiger partial charge in [0.2, 0.25) is 0 Å². The van der Waals surface area contributed by atoms with Gasteiger partial charge in [-0.1, -0.05) is 30.3 Å². The molecular formula is C23H20N4O2. The Balaban J connectivity index is 1.56. The second kappa shape index (κ2) is 8.39. The third-order valence-electron chi connectivity index (χ3n) is 4.34. The van der Waals surface area contributed by atoms with Crippen molar-refractivity contribution in [3.63, 3.8) is 0 Å². The van der Waals surface area contributed by atoms with Gasteiger partial charge in [0.1, 0.15) is 11.4 Å². The molecule has 0 radical (unpaired) electrons. The molecule has 4 aromatic rings. The van der Waals surface area contributed by atoms with Crippen molar-refractivity contribution in [2.45, 2.75) is 6.92 Å². The molecule has 0 saturated carbocycles. The first-order chi connectivity index (χ1) is 14.2. The highest BCUT2D eigenvalue weighted by Gasteiger charge is 2.12. The van der Waals surface area contributed by atoms with Gasteiger partial charge in [-0.3, -0.25) is 14.8 Å². The van der Waals surface area contributed by atoms with Gasteiger partial charge in [0.05, 0.1) is 23.5 Å². The van der Waals surface area contributed by atoms with E-state index >= 15 is 0 Å². The van der Waals surface area contributed by atoms with Crippen LogP contribution in [0.1, 0.15) is 17.4 Å².